The van der Waals surface area contributed by atoms with Crippen LogP contribution in [0, 0.1) is 6.92 Å². The second kappa shape index (κ2) is 6.05. The molecule has 1 unspecified atom stereocenters. The van der Waals surface area contributed by atoms with Crippen molar-refractivity contribution in [1.29, 1.82) is 0 Å². The fourth-order valence-corrected chi connectivity index (χ4v) is 3.09. The summed E-state index contributed by atoms with van der Waals surface area (Å²) in [6, 6.07) is 12.9. The van der Waals surface area contributed by atoms with Crippen molar-refractivity contribution in [2.24, 2.45) is 0 Å². The summed E-state index contributed by atoms with van der Waals surface area (Å²) in [6.07, 6.45) is 6.29. The molecule has 0 saturated heterocycles. The van der Waals surface area contributed by atoms with E-state index in [0.29, 0.717) is 12.6 Å². The molecule has 3 aromatic rings. The van der Waals surface area contributed by atoms with E-state index >= 15 is 0 Å². The van der Waals surface area contributed by atoms with Crippen molar-refractivity contribution in [2.45, 2.75) is 32.4 Å². The minimum Gasteiger partial charge on any atom is -0.492 e. The van der Waals surface area contributed by atoms with Crippen LogP contribution in [0.3, 0.4) is 0 Å². The Morgan fingerprint density at radius 3 is 3.17 bits per heavy atom. The molecule has 0 saturated carbocycles. The van der Waals surface area contributed by atoms with Crippen LogP contribution in [0.5, 0.6) is 5.75 Å². The highest BCUT2D eigenvalue weighted by atomic mass is 16.5. The first-order valence-corrected chi connectivity index (χ1v) is 8.16. The van der Waals surface area contributed by atoms with Gasteiger partial charge in [0.2, 0.25) is 0 Å². The van der Waals surface area contributed by atoms with Crippen LogP contribution in [0.4, 0.5) is 0 Å². The summed E-state index contributed by atoms with van der Waals surface area (Å²) in [5.74, 6) is 1.03. The Bertz CT molecular complexity index is 797. The van der Waals surface area contributed by atoms with E-state index in [2.05, 4.69) is 64.4 Å². The van der Waals surface area contributed by atoms with Crippen molar-refractivity contribution in [3.05, 3.63) is 65.6 Å². The number of nitrogens with one attached hydrogen (secondary N) is 1. The SMILES string of the molecule is Cc1ccn2cc(CNC3CCc4ccccc4OC3)nc2c1. The first-order valence-electron chi connectivity index (χ1n) is 8.16. The normalized spacial score (nSPS) is 17.5. The molecule has 0 bridgehead atoms. The van der Waals surface area contributed by atoms with Gasteiger partial charge in [-0.25, -0.2) is 4.98 Å². The zero-order valence-electron chi connectivity index (χ0n) is 13.3. The fourth-order valence-electron chi connectivity index (χ4n) is 3.09. The lowest BCUT2D eigenvalue weighted by Crippen LogP contribution is -2.33. The van der Waals surface area contributed by atoms with Gasteiger partial charge < -0.3 is 14.5 Å². The predicted molar refractivity (Wildman–Crippen MR) is 90.8 cm³/mol. The average molecular weight is 307 g/mol. The lowest BCUT2D eigenvalue weighted by molar-refractivity contribution is 0.267. The van der Waals surface area contributed by atoms with Gasteiger partial charge >= 0.3 is 0 Å². The van der Waals surface area contributed by atoms with Crippen LogP contribution >= 0.6 is 0 Å². The number of hydrogen-bond donors (Lipinski definition) is 1. The lowest BCUT2D eigenvalue weighted by atomic mass is 10.1. The van der Waals surface area contributed by atoms with E-state index in [4.69, 9.17) is 4.74 Å². The molecule has 1 aliphatic heterocycles. The number of nitrogens with zero attached hydrogens (tertiary/aromatic N) is 2. The van der Waals surface area contributed by atoms with Crippen LogP contribution in [-0.2, 0) is 13.0 Å². The van der Waals surface area contributed by atoms with Crippen molar-refractivity contribution in [3.8, 4) is 5.75 Å². The summed E-state index contributed by atoms with van der Waals surface area (Å²) in [4.78, 5) is 4.68. The monoisotopic (exact) mass is 307 g/mol. The Balaban J connectivity index is 1.41. The number of fused-ring (bicyclic) bond motifs is 2. The third kappa shape index (κ3) is 3.08. The molecule has 1 aliphatic rings. The van der Waals surface area contributed by atoms with Crippen molar-refractivity contribution >= 4 is 5.65 Å². The molecule has 1 aromatic carbocycles. The van der Waals surface area contributed by atoms with E-state index in [1.807, 2.05) is 6.07 Å². The van der Waals surface area contributed by atoms with Crippen molar-refractivity contribution in [2.75, 3.05) is 6.61 Å². The maximum atomic E-state index is 5.94. The van der Waals surface area contributed by atoms with Gasteiger partial charge in [0.1, 0.15) is 18.0 Å². The minimum atomic E-state index is 0.356. The summed E-state index contributed by atoms with van der Waals surface area (Å²) in [6.45, 7) is 3.57. The Labute approximate surface area is 136 Å². The van der Waals surface area contributed by atoms with Crippen LogP contribution in [-0.4, -0.2) is 22.0 Å². The highest BCUT2D eigenvalue weighted by Gasteiger charge is 2.16. The van der Waals surface area contributed by atoms with Gasteiger partial charge in [-0.1, -0.05) is 18.2 Å². The first-order chi connectivity index (χ1) is 11.3. The summed E-state index contributed by atoms with van der Waals surface area (Å²) in [5.41, 5.74) is 4.61. The standard InChI is InChI=1S/C19H21N3O/c1-14-8-9-22-12-17(21-19(22)10-14)11-20-16-7-6-15-4-2-3-5-18(15)23-13-16/h2-5,8-10,12,16,20H,6-7,11,13H2,1H3. The molecule has 23 heavy (non-hydrogen) atoms. The van der Waals surface area contributed by atoms with Crippen LogP contribution < -0.4 is 10.1 Å². The highest BCUT2D eigenvalue weighted by molar-refractivity contribution is 5.42. The Morgan fingerprint density at radius 1 is 1.30 bits per heavy atom. The third-order valence-electron chi connectivity index (χ3n) is 4.41. The van der Waals surface area contributed by atoms with Gasteiger partial charge in [-0.15, -0.1) is 0 Å². The van der Waals surface area contributed by atoms with Crippen LogP contribution in [0.1, 0.15) is 23.2 Å². The molecule has 4 heteroatoms. The molecule has 2 aromatic heterocycles. The Hall–Kier alpha value is -2.33. The van der Waals surface area contributed by atoms with E-state index in [-0.39, 0.29) is 0 Å². The van der Waals surface area contributed by atoms with Gasteiger partial charge in [-0.3, -0.25) is 0 Å². The number of aromatic nitrogens is 2. The highest BCUT2D eigenvalue weighted by Crippen LogP contribution is 2.23. The topological polar surface area (TPSA) is 38.6 Å². The number of imidazole rings is 1. The van der Waals surface area contributed by atoms with Crippen LogP contribution in [0.2, 0.25) is 0 Å². The van der Waals surface area contributed by atoms with Gasteiger partial charge in [0.05, 0.1) is 5.69 Å². The molecule has 0 amide bonds. The third-order valence-corrected chi connectivity index (χ3v) is 4.41. The number of pyridine rings is 1. The molecule has 0 spiro atoms. The molecule has 1 atom stereocenters. The van der Waals surface area contributed by atoms with Gasteiger partial charge in [0.15, 0.2) is 0 Å². The molecular weight excluding hydrogens is 286 g/mol. The van der Waals surface area contributed by atoms with E-state index in [0.717, 1.165) is 36.5 Å². The number of benzene rings is 1. The maximum Gasteiger partial charge on any atom is 0.137 e. The number of hydrogen-bond acceptors (Lipinski definition) is 3. The van der Waals surface area contributed by atoms with E-state index < -0.39 is 0 Å². The van der Waals surface area contributed by atoms with Gasteiger partial charge in [0, 0.05) is 25.0 Å². The molecule has 0 fully saturated rings. The summed E-state index contributed by atoms with van der Waals surface area (Å²) < 4.78 is 8.01. The molecule has 0 radical (unpaired) electrons. The van der Waals surface area contributed by atoms with Crippen molar-refractivity contribution in [3.63, 3.8) is 0 Å². The molecule has 118 valence electrons. The number of rotatable bonds is 3. The van der Waals surface area contributed by atoms with E-state index in [9.17, 15) is 0 Å². The van der Waals surface area contributed by atoms with Crippen molar-refractivity contribution in [1.82, 2.24) is 14.7 Å². The zero-order chi connectivity index (χ0) is 15.6. The largest absolute Gasteiger partial charge is 0.492 e. The molecule has 3 heterocycles. The number of para-hydroxylation sites is 1. The minimum absolute atomic E-state index is 0.356. The second-order valence-corrected chi connectivity index (χ2v) is 6.24. The van der Waals surface area contributed by atoms with Gasteiger partial charge in [-0.2, -0.15) is 0 Å². The Kier molecular flexibility index (Phi) is 3.75. The fraction of sp³-hybridized carbons (Fsp3) is 0.316. The molecule has 4 nitrogen and oxygen atoms in total. The summed E-state index contributed by atoms with van der Waals surface area (Å²) in [5, 5.41) is 3.59. The average Bonchev–Trinajstić information content (AvgIpc) is 2.84. The van der Waals surface area contributed by atoms with Crippen LogP contribution in [0.25, 0.3) is 5.65 Å². The van der Waals surface area contributed by atoms with Gasteiger partial charge in [-0.05, 0) is 49.1 Å². The maximum absolute atomic E-state index is 5.94. The first kappa shape index (κ1) is 14.3. The molecular formula is C19H21N3O. The predicted octanol–water partition coefficient (Wildman–Crippen LogP) is 3.13. The Morgan fingerprint density at radius 2 is 2.22 bits per heavy atom. The second-order valence-electron chi connectivity index (χ2n) is 6.24. The summed E-state index contributed by atoms with van der Waals surface area (Å²) >= 11 is 0. The molecule has 0 aliphatic carbocycles. The quantitative estimate of drug-likeness (QED) is 0.808. The van der Waals surface area contributed by atoms with Gasteiger partial charge in [0.25, 0.3) is 0 Å². The number of ether oxygens (including phenoxy) is 1. The smallest absolute Gasteiger partial charge is 0.137 e. The van der Waals surface area contributed by atoms with Crippen LogP contribution in [0.15, 0.2) is 48.8 Å². The van der Waals surface area contributed by atoms with Crippen molar-refractivity contribution < 1.29 is 4.74 Å². The molecule has 4 rings (SSSR count). The number of aryl methyl sites for hydroxylation is 2. The van der Waals surface area contributed by atoms with E-state index in [1.54, 1.807) is 0 Å². The zero-order valence-corrected chi connectivity index (χ0v) is 13.3. The summed E-state index contributed by atoms with van der Waals surface area (Å²) in [7, 11) is 0. The molecule has 1 N–H and O–H groups in total. The lowest BCUT2D eigenvalue weighted by Gasteiger charge is -2.15. The van der Waals surface area contributed by atoms with E-state index in [1.165, 1.54) is 11.1 Å².